The van der Waals surface area contributed by atoms with Crippen molar-refractivity contribution in [2.24, 2.45) is 0 Å². The summed E-state index contributed by atoms with van der Waals surface area (Å²) in [5.74, 6) is 1.73. The first-order valence-corrected chi connectivity index (χ1v) is 12.6. The van der Waals surface area contributed by atoms with Crippen LogP contribution in [-0.4, -0.2) is 94.2 Å². The first kappa shape index (κ1) is 21.9. The number of fused-ring (bicyclic) bond motifs is 2. The van der Waals surface area contributed by atoms with Gasteiger partial charge in [-0.1, -0.05) is 12.1 Å². The largest absolute Gasteiger partial charge is 0.395 e. The van der Waals surface area contributed by atoms with E-state index in [1.165, 1.54) is 4.88 Å². The predicted molar refractivity (Wildman–Crippen MR) is 134 cm³/mol. The summed E-state index contributed by atoms with van der Waals surface area (Å²) in [4.78, 5) is 19.4. The molecule has 6 rings (SSSR count). The first-order valence-electron chi connectivity index (χ1n) is 11.7. The summed E-state index contributed by atoms with van der Waals surface area (Å²) in [6.45, 7) is 9.84. The van der Waals surface area contributed by atoms with E-state index in [0.717, 1.165) is 84.1 Å². The molecule has 2 fully saturated rings. The van der Waals surface area contributed by atoms with E-state index in [1.807, 2.05) is 24.9 Å². The second-order valence-electron chi connectivity index (χ2n) is 8.72. The summed E-state index contributed by atoms with van der Waals surface area (Å²) in [7, 11) is 0. The van der Waals surface area contributed by atoms with Gasteiger partial charge in [0.2, 0.25) is 0 Å². The number of H-pyrrole nitrogens is 1. The van der Waals surface area contributed by atoms with E-state index in [4.69, 9.17) is 19.8 Å². The van der Waals surface area contributed by atoms with Crippen LogP contribution in [0.1, 0.15) is 4.88 Å². The second-order valence-corrected chi connectivity index (χ2v) is 9.83. The minimum absolute atomic E-state index is 0.105. The Kier molecular flexibility index (Phi) is 6.15. The number of thiophene rings is 1. The number of aliphatic hydroxyl groups is 1. The van der Waals surface area contributed by atoms with Crippen molar-refractivity contribution >= 4 is 38.3 Å². The normalized spacial score (nSPS) is 18.3. The molecule has 3 aromatic heterocycles. The van der Waals surface area contributed by atoms with Gasteiger partial charge in [0, 0.05) is 61.6 Å². The molecule has 0 saturated carbocycles. The lowest BCUT2D eigenvalue weighted by Crippen LogP contribution is -2.44. The Morgan fingerprint density at radius 2 is 1.91 bits per heavy atom. The lowest BCUT2D eigenvalue weighted by Gasteiger charge is -2.33. The van der Waals surface area contributed by atoms with E-state index < -0.39 is 0 Å². The molecule has 0 aliphatic carbocycles. The highest BCUT2D eigenvalue weighted by Crippen LogP contribution is 2.35. The number of ether oxygens (including phenoxy) is 1. The number of aromatic nitrogens is 4. The van der Waals surface area contributed by atoms with Crippen molar-refractivity contribution in [1.82, 2.24) is 30.0 Å². The number of morpholine rings is 1. The van der Waals surface area contributed by atoms with Gasteiger partial charge >= 0.3 is 0 Å². The number of anilines is 1. The molecule has 34 heavy (non-hydrogen) atoms. The van der Waals surface area contributed by atoms with Gasteiger partial charge in [0.1, 0.15) is 10.6 Å². The average Bonchev–Trinajstić information content (AvgIpc) is 3.52. The Morgan fingerprint density at radius 3 is 2.74 bits per heavy atom. The van der Waals surface area contributed by atoms with Gasteiger partial charge in [0.05, 0.1) is 43.5 Å². The maximum Gasteiger partial charge on any atom is 0.163 e. The second kappa shape index (κ2) is 9.55. The van der Waals surface area contributed by atoms with Gasteiger partial charge in [-0.3, -0.25) is 14.9 Å². The Labute approximate surface area is 202 Å². The summed E-state index contributed by atoms with van der Waals surface area (Å²) < 4.78 is 5.60. The molecular weight excluding hydrogens is 450 g/mol. The number of aliphatic hydroxyl groups excluding tert-OH is 1. The van der Waals surface area contributed by atoms with Crippen molar-refractivity contribution in [2.75, 3.05) is 64.0 Å². The number of hydrogen-bond acceptors (Lipinski definition) is 9. The number of aromatic amines is 1. The van der Waals surface area contributed by atoms with Crippen LogP contribution < -0.4 is 4.90 Å². The third-order valence-corrected chi connectivity index (χ3v) is 7.60. The Bertz CT molecular complexity index is 1280. The molecule has 2 aliphatic heterocycles. The van der Waals surface area contributed by atoms with Gasteiger partial charge in [-0.15, -0.1) is 11.3 Å². The van der Waals surface area contributed by atoms with E-state index in [9.17, 15) is 0 Å². The average molecular weight is 479 g/mol. The van der Waals surface area contributed by atoms with Crippen LogP contribution >= 0.6 is 11.3 Å². The molecule has 1 radical (unpaired) electrons. The third kappa shape index (κ3) is 4.27. The van der Waals surface area contributed by atoms with Crippen LogP contribution in [0.15, 0.2) is 30.5 Å². The number of piperazine rings is 1. The van der Waals surface area contributed by atoms with Crippen LogP contribution in [0.25, 0.3) is 32.5 Å². The maximum absolute atomic E-state index is 9.15. The molecule has 5 heterocycles. The van der Waals surface area contributed by atoms with Gasteiger partial charge in [-0.2, -0.15) is 5.10 Å². The molecule has 2 aliphatic rings. The van der Waals surface area contributed by atoms with Crippen LogP contribution in [0.3, 0.4) is 0 Å². The molecule has 0 atom stereocenters. The van der Waals surface area contributed by atoms with Crippen LogP contribution in [0.4, 0.5) is 5.82 Å². The zero-order valence-corrected chi connectivity index (χ0v) is 19.8. The van der Waals surface area contributed by atoms with E-state index in [2.05, 4.69) is 37.0 Å². The van der Waals surface area contributed by atoms with Crippen molar-refractivity contribution in [3.63, 3.8) is 0 Å². The van der Waals surface area contributed by atoms with E-state index in [-0.39, 0.29) is 6.61 Å². The number of nitrogens with one attached hydrogen (secondary N) is 1. The number of nitrogens with zero attached hydrogens (tertiary/aromatic N) is 6. The molecule has 2 N–H and O–H groups in total. The van der Waals surface area contributed by atoms with Crippen LogP contribution in [0, 0.1) is 6.54 Å². The van der Waals surface area contributed by atoms with Crippen molar-refractivity contribution in [2.45, 2.75) is 6.54 Å². The highest BCUT2D eigenvalue weighted by atomic mass is 32.1. The molecule has 0 amide bonds. The topological polar surface area (TPSA) is 93.6 Å². The summed E-state index contributed by atoms with van der Waals surface area (Å²) in [5, 5.41) is 18.6. The quantitative estimate of drug-likeness (QED) is 0.436. The summed E-state index contributed by atoms with van der Waals surface area (Å²) in [6.07, 6.45) is 1.85. The standard InChI is InChI=1S/C24H28N7O2S/c32-11-8-29-4-6-30(7-5-29)16-17-14-19-23(31-9-12-33-13-10-31)26-22(27-24(19)34-17)18-2-1-3-21-20(18)15-25-28-21/h1-3,8,14-15,32H,4-7,9-13,16H2,(H,25,28). The lowest BCUT2D eigenvalue weighted by molar-refractivity contribution is 0.122. The van der Waals surface area contributed by atoms with Crippen molar-refractivity contribution < 1.29 is 9.84 Å². The summed E-state index contributed by atoms with van der Waals surface area (Å²) in [5.41, 5.74) is 1.98. The molecule has 2 saturated heterocycles. The molecule has 0 spiro atoms. The molecular formula is C24H28N7O2S. The molecule has 9 nitrogen and oxygen atoms in total. The lowest BCUT2D eigenvalue weighted by atomic mass is 10.1. The zero-order chi connectivity index (χ0) is 22.9. The van der Waals surface area contributed by atoms with Crippen molar-refractivity contribution in [3.05, 3.63) is 41.9 Å². The van der Waals surface area contributed by atoms with Gasteiger partial charge in [-0.25, -0.2) is 9.97 Å². The maximum atomic E-state index is 9.15. The van der Waals surface area contributed by atoms with E-state index in [1.54, 1.807) is 11.3 Å². The number of hydrogen-bond donors (Lipinski definition) is 2. The SMILES string of the molecule is OC[CH]N1CCN(Cc2cc3c(N4CCOCC4)nc(-c4cccc5[nH]ncc45)nc3s2)CC1. The van der Waals surface area contributed by atoms with Crippen LogP contribution in [0.5, 0.6) is 0 Å². The van der Waals surface area contributed by atoms with Crippen LogP contribution in [-0.2, 0) is 11.3 Å². The summed E-state index contributed by atoms with van der Waals surface area (Å²) in [6, 6.07) is 8.39. The molecule has 0 unspecified atom stereocenters. The molecule has 4 aromatic rings. The van der Waals surface area contributed by atoms with Gasteiger partial charge in [0.15, 0.2) is 5.82 Å². The highest BCUT2D eigenvalue weighted by molar-refractivity contribution is 7.18. The fraction of sp³-hybridized carbons (Fsp3) is 0.417. The number of rotatable bonds is 6. The number of benzene rings is 1. The predicted octanol–water partition coefficient (Wildman–Crippen LogP) is 2.34. The van der Waals surface area contributed by atoms with Gasteiger partial charge in [-0.05, 0) is 12.1 Å². The highest BCUT2D eigenvalue weighted by Gasteiger charge is 2.22. The van der Waals surface area contributed by atoms with Crippen LogP contribution in [0.2, 0.25) is 0 Å². The van der Waals surface area contributed by atoms with Gasteiger partial charge in [0.25, 0.3) is 0 Å². The van der Waals surface area contributed by atoms with E-state index >= 15 is 0 Å². The smallest absolute Gasteiger partial charge is 0.163 e. The molecule has 0 bridgehead atoms. The molecule has 10 heteroatoms. The Balaban J connectivity index is 1.35. The monoisotopic (exact) mass is 478 g/mol. The summed E-state index contributed by atoms with van der Waals surface area (Å²) >= 11 is 1.76. The minimum Gasteiger partial charge on any atom is -0.395 e. The first-order chi connectivity index (χ1) is 16.8. The fourth-order valence-electron chi connectivity index (χ4n) is 4.77. The minimum atomic E-state index is 0.105. The van der Waals surface area contributed by atoms with Crippen molar-refractivity contribution in [3.8, 4) is 11.4 Å². The van der Waals surface area contributed by atoms with Crippen molar-refractivity contribution in [1.29, 1.82) is 0 Å². The Hall–Kier alpha value is -2.63. The molecule has 1 aromatic carbocycles. The molecule has 177 valence electrons. The van der Waals surface area contributed by atoms with Gasteiger partial charge < -0.3 is 14.7 Å². The Morgan fingerprint density at radius 1 is 1.06 bits per heavy atom. The van der Waals surface area contributed by atoms with E-state index in [0.29, 0.717) is 13.2 Å². The third-order valence-electron chi connectivity index (χ3n) is 6.59. The fourth-order valence-corrected chi connectivity index (χ4v) is 5.84. The zero-order valence-electron chi connectivity index (χ0n) is 19.0.